The minimum absolute atomic E-state index is 0.00171. The van der Waals surface area contributed by atoms with Crippen molar-refractivity contribution in [2.24, 2.45) is 10.8 Å². The van der Waals surface area contributed by atoms with E-state index in [1.807, 2.05) is 41.5 Å². The second-order valence-corrected chi connectivity index (χ2v) is 8.96. The van der Waals surface area contributed by atoms with Gasteiger partial charge in [0.05, 0.1) is 52.9 Å². The van der Waals surface area contributed by atoms with Crippen LogP contribution in [0, 0.1) is 10.8 Å². The largest absolute Gasteiger partial charge is 0.379 e. The Morgan fingerprint density at radius 2 is 1.11 bits per heavy atom. The van der Waals surface area contributed by atoms with Crippen molar-refractivity contribution in [1.82, 2.24) is 5.32 Å². The third-order valence-corrected chi connectivity index (χ3v) is 3.69. The molecule has 28 heavy (non-hydrogen) atoms. The maximum Gasteiger partial charge on any atom is 0.220 e. The maximum atomic E-state index is 11.7. The van der Waals surface area contributed by atoms with Gasteiger partial charge in [0, 0.05) is 24.8 Å². The van der Waals surface area contributed by atoms with Gasteiger partial charge in [0.25, 0.3) is 0 Å². The molecule has 166 valence electrons. The minimum atomic E-state index is -0.304. The monoisotopic (exact) mass is 403 g/mol. The van der Waals surface area contributed by atoms with E-state index in [-0.39, 0.29) is 22.5 Å². The standard InChI is InChI=1S/C21H41NO6/c1-20(2,3)17-19(24)22-8-10-26-12-14-28-16-15-27-13-11-25-9-7-18(23)21(4,5)6/h7-17H2,1-6H3,(H,22,24). The highest BCUT2D eigenvalue weighted by Crippen LogP contribution is 2.17. The smallest absolute Gasteiger partial charge is 0.220 e. The van der Waals surface area contributed by atoms with E-state index < -0.39 is 0 Å². The first-order valence-electron chi connectivity index (χ1n) is 10.1. The summed E-state index contributed by atoms with van der Waals surface area (Å²) in [6.07, 6.45) is 0.947. The first-order valence-corrected chi connectivity index (χ1v) is 10.1. The topological polar surface area (TPSA) is 83.1 Å². The molecule has 0 heterocycles. The van der Waals surface area contributed by atoms with Gasteiger partial charge in [0.2, 0.25) is 5.91 Å². The molecule has 1 amide bonds. The summed E-state index contributed by atoms with van der Waals surface area (Å²) in [4.78, 5) is 23.3. The zero-order chi connectivity index (χ0) is 21.5. The average Bonchev–Trinajstić information content (AvgIpc) is 2.55. The van der Waals surface area contributed by atoms with Crippen LogP contribution < -0.4 is 5.32 Å². The molecule has 0 spiro atoms. The Hall–Kier alpha value is -1.02. The molecule has 0 rings (SSSR count). The highest BCUT2D eigenvalue weighted by molar-refractivity contribution is 5.83. The molecule has 0 saturated carbocycles. The Morgan fingerprint density at radius 1 is 0.679 bits per heavy atom. The summed E-state index contributed by atoms with van der Waals surface area (Å²) < 4.78 is 21.6. The van der Waals surface area contributed by atoms with Crippen LogP contribution >= 0.6 is 0 Å². The number of hydrogen-bond acceptors (Lipinski definition) is 6. The fourth-order valence-corrected chi connectivity index (χ4v) is 2.11. The Kier molecular flexibility index (Phi) is 14.4. The summed E-state index contributed by atoms with van der Waals surface area (Å²) >= 11 is 0. The van der Waals surface area contributed by atoms with Gasteiger partial charge in [0.15, 0.2) is 0 Å². The van der Waals surface area contributed by atoms with Crippen LogP contribution in [-0.2, 0) is 28.5 Å². The van der Waals surface area contributed by atoms with Crippen molar-refractivity contribution in [3.05, 3.63) is 0 Å². The molecule has 0 unspecified atom stereocenters. The molecule has 0 aromatic heterocycles. The number of Topliss-reactive ketones (excluding diaryl/α,β-unsaturated/α-hetero) is 1. The van der Waals surface area contributed by atoms with Gasteiger partial charge in [-0.2, -0.15) is 0 Å². The van der Waals surface area contributed by atoms with Crippen LogP contribution in [0.25, 0.3) is 0 Å². The zero-order valence-corrected chi connectivity index (χ0v) is 18.7. The minimum Gasteiger partial charge on any atom is -0.379 e. The molecule has 0 aromatic rings. The first kappa shape index (κ1) is 27.0. The second kappa shape index (κ2) is 14.9. The molecule has 0 aromatic carbocycles. The van der Waals surface area contributed by atoms with Gasteiger partial charge in [-0.25, -0.2) is 0 Å². The van der Waals surface area contributed by atoms with Crippen molar-refractivity contribution in [3.63, 3.8) is 0 Å². The molecule has 0 atom stereocenters. The van der Waals surface area contributed by atoms with Crippen LogP contribution in [0.2, 0.25) is 0 Å². The van der Waals surface area contributed by atoms with Gasteiger partial charge in [0.1, 0.15) is 5.78 Å². The van der Waals surface area contributed by atoms with Crippen molar-refractivity contribution in [3.8, 4) is 0 Å². The molecule has 0 aliphatic carbocycles. The van der Waals surface area contributed by atoms with E-state index in [1.54, 1.807) is 0 Å². The molecule has 0 saturated heterocycles. The van der Waals surface area contributed by atoms with E-state index in [0.29, 0.717) is 72.2 Å². The van der Waals surface area contributed by atoms with Gasteiger partial charge in [-0.1, -0.05) is 41.5 Å². The fourth-order valence-electron chi connectivity index (χ4n) is 2.11. The average molecular weight is 404 g/mol. The molecular weight excluding hydrogens is 362 g/mol. The SMILES string of the molecule is CC(C)(C)CC(=O)NCCOCCOCCOCCOCCC(=O)C(C)(C)C. The fraction of sp³-hybridized carbons (Fsp3) is 0.905. The van der Waals surface area contributed by atoms with E-state index in [1.165, 1.54) is 0 Å². The Morgan fingerprint density at radius 3 is 1.54 bits per heavy atom. The molecule has 7 heteroatoms. The van der Waals surface area contributed by atoms with Crippen molar-refractivity contribution >= 4 is 11.7 Å². The summed E-state index contributed by atoms with van der Waals surface area (Å²) in [5, 5.41) is 2.84. The molecule has 0 fully saturated rings. The van der Waals surface area contributed by atoms with Gasteiger partial charge in [-0.15, -0.1) is 0 Å². The van der Waals surface area contributed by atoms with E-state index in [9.17, 15) is 9.59 Å². The van der Waals surface area contributed by atoms with Crippen LogP contribution in [0.4, 0.5) is 0 Å². The highest BCUT2D eigenvalue weighted by Gasteiger charge is 2.20. The van der Waals surface area contributed by atoms with Gasteiger partial charge >= 0.3 is 0 Å². The summed E-state index contributed by atoms with van der Waals surface area (Å²) in [5.41, 5.74) is -0.306. The summed E-state index contributed by atoms with van der Waals surface area (Å²) in [5.74, 6) is 0.255. The Balaban J connectivity index is 3.26. The molecule has 0 aliphatic rings. The number of ether oxygens (including phenoxy) is 4. The lowest BCUT2D eigenvalue weighted by molar-refractivity contribution is -0.127. The molecule has 7 nitrogen and oxygen atoms in total. The Bertz CT molecular complexity index is 426. The number of amides is 1. The Labute approximate surface area is 170 Å². The molecule has 0 radical (unpaired) electrons. The summed E-state index contributed by atoms with van der Waals surface area (Å²) in [6.45, 7) is 16.2. The van der Waals surface area contributed by atoms with Gasteiger partial charge in [-0.05, 0) is 5.41 Å². The van der Waals surface area contributed by atoms with Crippen molar-refractivity contribution < 1.29 is 28.5 Å². The van der Waals surface area contributed by atoms with Crippen LogP contribution in [-0.4, -0.2) is 71.1 Å². The summed E-state index contributed by atoms with van der Waals surface area (Å²) in [6, 6.07) is 0. The zero-order valence-electron chi connectivity index (χ0n) is 18.7. The summed E-state index contributed by atoms with van der Waals surface area (Å²) in [7, 11) is 0. The van der Waals surface area contributed by atoms with E-state index >= 15 is 0 Å². The number of hydrogen-bond donors (Lipinski definition) is 1. The number of rotatable bonds is 16. The molecule has 0 bridgehead atoms. The van der Waals surface area contributed by atoms with Crippen LogP contribution in [0.1, 0.15) is 54.4 Å². The number of carbonyl (C=O) groups excluding carboxylic acids is 2. The molecule has 1 N–H and O–H groups in total. The van der Waals surface area contributed by atoms with Gasteiger partial charge < -0.3 is 24.3 Å². The van der Waals surface area contributed by atoms with E-state index in [4.69, 9.17) is 18.9 Å². The van der Waals surface area contributed by atoms with E-state index in [2.05, 4.69) is 5.32 Å². The predicted octanol–water partition coefficient (Wildman–Crippen LogP) is 2.61. The molecular formula is C21H41NO6. The van der Waals surface area contributed by atoms with Crippen LogP contribution in [0.5, 0.6) is 0 Å². The number of nitrogens with one attached hydrogen (secondary N) is 1. The van der Waals surface area contributed by atoms with Crippen molar-refractivity contribution in [2.45, 2.75) is 54.4 Å². The van der Waals surface area contributed by atoms with Gasteiger partial charge in [-0.3, -0.25) is 9.59 Å². The third-order valence-electron chi connectivity index (χ3n) is 3.69. The quantitative estimate of drug-likeness (QED) is 0.399. The van der Waals surface area contributed by atoms with Crippen LogP contribution in [0.3, 0.4) is 0 Å². The van der Waals surface area contributed by atoms with Crippen molar-refractivity contribution in [2.75, 3.05) is 59.4 Å². The van der Waals surface area contributed by atoms with Crippen molar-refractivity contribution in [1.29, 1.82) is 0 Å². The highest BCUT2D eigenvalue weighted by atomic mass is 16.6. The third kappa shape index (κ3) is 18.3. The lowest BCUT2D eigenvalue weighted by Gasteiger charge is -2.17. The number of ketones is 1. The normalized spacial score (nSPS) is 12.2. The predicted molar refractivity (Wildman–Crippen MR) is 109 cm³/mol. The lowest BCUT2D eigenvalue weighted by atomic mass is 9.89. The second-order valence-electron chi connectivity index (χ2n) is 8.96. The maximum absolute atomic E-state index is 11.7. The lowest BCUT2D eigenvalue weighted by Crippen LogP contribution is -2.30. The first-order chi connectivity index (χ1) is 13.0. The molecule has 0 aliphatic heterocycles. The number of carbonyl (C=O) groups is 2. The van der Waals surface area contributed by atoms with E-state index in [0.717, 1.165) is 0 Å². The van der Waals surface area contributed by atoms with Crippen LogP contribution in [0.15, 0.2) is 0 Å².